The molecular formula is C24H20FN3O3. The molecule has 0 aromatic heterocycles. The van der Waals surface area contributed by atoms with Crippen LogP contribution >= 0.6 is 0 Å². The summed E-state index contributed by atoms with van der Waals surface area (Å²) in [5.41, 5.74) is 9.80. The zero-order valence-corrected chi connectivity index (χ0v) is 17.1. The topological polar surface area (TPSA) is 85.0 Å². The number of anilines is 1. The largest absolute Gasteiger partial charge is 0.496 e. The lowest BCUT2D eigenvalue weighted by Gasteiger charge is -2.21. The molecule has 1 aliphatic heterocycles. The number of likely N-dealkylation sites (N-methyl/N-ethyl adjacent to an activating group) is 1. The van der Waals surface area contributed by atoms with Gasteiger partial charge in [-0.15, -0.1) is 0 Å². The standard InChI is InChI=1S/C24H20FN3O3/c1-28-20-12-21(31-2)18(14-6-8-17(25)9-7-14)11-19(20)23(27-13-22(28)29)15-4-3-5-16(10-15)24(26)30/h3-12H,13H2,1-2H3,(H2,26,30). The number of hydrogen-bond acceptors (Lipinski definition) is 4. The Labute approximate surface area is 178 Å². The lowest BCUT2D eigenvalue weighted by Crippen LogP contribution is -2.27. The van der Waals surface area contributed by atoms with Gasteiger partial charge in [0.05, 0.1) is 18.5 Å². The Balaban J connectivity index is 1.97. The number of aliphatic imine (C=N–C) groups is 1. The van der Waals surface area contributed by atoms with Crippen molar-refractivity contribution in [1.82, 2.24) is 0 Å². The van der Waals surface area contributed by atoms with Gasteiger partial charge in [-0.25, -0.2) is 4.39 Å². The Morgan fingerprint density at radius 1 is 1.06 bits per heavy atom. The number of carbonyl (C=O) groups is 2. The van der Waals surface area contributed by atoms with E-state index < -0.39 is 5.91 Å². The number of nitrogens with zero attached hydrogens (tertiary/aromatic N) is 2. The van der Waals surface area contributed by atoms with E-state index in [1.165, 1.54) is 17.0 Å². The van der Waals surface area contributed by atoms with Crippen molar-refractivity contribution in [2.45, 2.75) is 0 Å². The summed E-state index contributed by atoms with van der Waals surface area (Å²) in [6, 6.07) is 16.5. The molecule has 156 valence electrons. The van der Waals surface area contributed by atoms with Gasteiger partial charge in [0.15, 0.2) is 0 Å². The minimum absolute atomic E-state index is 0.0461. The van der Waals surface area contributed by atoms with Gasteiger partial charge >= 0.3 is 0 Å². The molecule has 6 nitrogen and oxygen atoms in total. The third-order valence-electron chi connectivity index (χ3n) is 5.26. The van der Waals surface area contributed by atoms with Crippen molar-refractivity contribution >= 4 is 23.2 Å². The number of methoxy groups -OCH3 is 1. The number of hydrogen-bond donors (Lipinski definition) is 1. The van der Waals surface area contributed by atoms with Crippen molar-refractivity contribution in [2.75, 3.05) is 25.6 Å². The third kappa shape index (κ3) is 3.77. The van der Waals surface area contributed by atoms with Crippen molar-refractivity contribution in [3.63, 3.8) is 0 Å². The normalized spacial score (nSPS) is 13.3. The highest BCUT2D eigenvalue weighted by Gasteiger charge is 2.25. The van der Waals surface area contributed by atoms with Gasteiger partial charge in [-0.05, 0) is 35.9 Å². The van der Waals surface area contributed by atoms with Gasteiger partial charge < -0.3 is 15.4 Å². The minimum atomic E-state index is -0.550. The third-order valence-corrected chi connectivity index (χ3v) is 5.26. The van der Waals surface area contributed by atoms with E-state index in [1.54, 1.807) is 50.6 Å². The first-order valence-corrected chi connectivity index (χ1v) is 9.58. The van der Waals surface area contributed by atoms with E-state index in [0.29, 0.717) is 33.8 Å². The van der Waals surface area contributed by atoms with E-state index in [-0.39, 0.29) is 18.3 Å². The second kappa shape index (κ2) is 8.02. The Hall–Kier alpha value is -4.00. The molecule has 3 aromatic carbocycles. The molecule has 0 spiro atoms. The number of primary amides is 1. The number of fused-ring (bicyclic) bond motifs is 1. The molecule has 0 unspecified atom stereocenters. The number of nitrogens with two attached hydrogens (primary N) is 1. The van der Waals surface area contributed by atoms with E-state index in [4.69, 9.17) is 10.5 Å². The highest BCUT2D eigenvalue weighted by Crippen LogP contribution is 2.38. The van der Waals surface area contributed by atoms with E-state index in [0.717, 1.165) is 11.1 Å². The minimum Gasteiger partial charge on any atom is -0.496 e. The first-order valence-electron chi connectivity index (χ1n) is 9.58. The molecule has 0 radical (unpaired) electrons. The summed E-state index contributed by atoms with van der Waals surface area (Å²) in [6.45, 7) is -0.0461. The van der Waals surface area contributed by atoms with Gasteiger partial charge in [0.1, 0.15) is 18.1 Å². The Kier molecular flexibility index (Phi) is 5.25. The highest BCUT2D eigenvalue weighted by molar-refractivity contribution is 6.20. The second-order valence-electron chi connectivity index (χ2n) is 7.14. The maximum atomic E-state index is 13.5. The SMILES string of the molecule is COc1cc2c(cc1-c1ccc(F)cc1)C(c1cccc(C(N)=O)c1)=NCC(=O)N2C. The molecule has 2 N–H and O–H groups in total. The molecular weight excluding hydrogens is 397 g/mol. The molecule has 1 aliphatic rings. The lowest BCUT2D eigenvalue weighted by atomic mass is 9.94. The summed E-state index contributed by atoms with van der Waals surface area (Å²) in [5.74, 6) is -0.532. The zero-order chi connectivity index (χ0) is 22.1. The Bertz CT molecular complexity index is 1220. The fourth-order valence-electron chi connectivity index (χ4n) is 3.60. The average molecular weight is 417 g/mol. The summed E-state index contributed by atoms with van der Waals surface area (Å²) in [7, 11) is 3.22. The van der Waals surface area contributed by atoms with Crippen LogP contribution in [0.3, 0.4) is 0 Å². The van der Waals surface area contributed by atoms with Gasteiger partial charge in [-0.1, -0.05) is 24.3 Å². The summed E-state index contributed by atoms with van der Waals surface area (Å²) in [5, 5.41) is 0. The molecule has 31 heavy (non-hydrogen) atoms. The van der Waals surface area contributed by atoms with Crippen LogP contribution in [0.2, 0.25) is 0 Å². The maximum Gasteiger partial charge on any atom is 0.248 e. The summed E-state index contributed by atoms with van der Waals surface area (Å²) in [6.07, 6.45) is 0. The summed E-state index contributed by atoms with van der Waals surface area (Å²) in [4.78, 5) is 30.3. The number of amides is 2. The molecule has 0 saturated carbocycles. The van der Waals surface area contributed by atoms with Crippen LogP contribution in [0.4, 0.5) is 10.1 Å². The van der Waals surface area contributed by atoms with E-state index >= 15 is 0 Å². The predicted octanol–water partition coefficient (Wildman–Crippen LogP) is 3.41. The first-order chi connectivity index (χ1) is 14.9. The first kappa shape index (κ1) is 20.3. The number of benzodiazepines with no additional fused rings is 1. The van der Waals surface area contributed by atoms with Crippen LogP contribution in [0.1, 0.15) is 21.5 Å². The van der Waals surface area contributed by atoms with Gasteiger partial charge in [-0.2, -0.15) is 0 Å². The van der Waals surface area contributed by atoms with Crippen LogP contribution in [0.5, 0.6) is 5.75 Å². The molecule has 0 saturated heterocycles. The zero-order valence-electron chi connectivity index (χ0n) is 17.1. The van der Waals surface area contributed by atoms with Crippen molar-refractivity contribution in [3.05, 3.63) is 83.2 Å². The Morgan fingerprint density at radius 2 is 1.81 bits per heavy atom. The molecule has 0 fully saturated rings. The number of rotatable bonds is 4. The number of carbonyl (C=O) groups excluding carboxylic acids is 2. The molecule has 4 rings (SSSR count). The molecule has 0 bridgehead atoms. The Morgan fingerprint density at radius 3 is 2.48 bits per heavy atom. The van der Waals surface area contributed by atoms with Gasteiger partial charge in [-0.3, -0.25) is 14.6 Å². The molecule has 0 aliphatic carbocycles. The average Bonchev–Trinajstić information content (AvgIpc) is 2.90. The van der Waals surface area contributed by atoms with Crippen LogP contribution in [-0.4, -0.2) is 38.2 Å². The van der Waals surface area contributed by atoms with Gasteiger partial charge in [0, 0.05) is 35.4 Å². The molecule has 2 amide bonds. The quantitative estimate of drug-likeness (QED) is 0.706. The smallest absolute Gasteiger partial charge is 0.248 e. The van der Waals surface area contributed by atoms with Crippen molar-refractivity contribution in [1.29, 1.82) is 0 Å². The van der Waals surface area contributed by atoms with E-state index in [9.17, 15) is 14.0 Å². The highest BCUT2D eigenvalue weighted by atomic mass is 19.1. The summed E-state index contributed by atoms with van der Waals surface area (Å²) < 4.78 is 19.0. The van der Waals surface area contributed by atoms with Gasteiger partial charge in [0.25, 0.3) is 0 Å². The monoisotopic (exact) mass is 417 g/mol. The van der Waals surface area contributed by atoms with E-state index in [1.807, 2.05) is 12.1 Å². The predicted molar refractivity (Wildman–Crippen MR) is 117 cm³/mol. The number of benzene rings is 3. The number of ether oxygens (including phenoxy) is 1. The molecule has 3 aromatic rings. The molecule has 0 atom stereocenters. The van der Waals surface area contributed by atoms with Gasteiger partial charge in [0.2, 0.25) is 11.8 Å². The van der Waals surface area contributed by atoms with Crippen molar-refractivity contribution < 1.29 is 18.7 Å². The molecule has 7 heteroatoms. The summed E-state index contributed by atoms with van der Waals surface area (Å²) >= 11 is 0. The fraction of sp³-hybridized carbons (Fsp3) is 0.125. The maximum absolute atomic E-state index is 13.5. The van der Waals surface area contributed by atoms with Crippen molar-refractivity contribution in [2.24, 2.45) is 10.7 Å². The van der Waals surface area contributed by atoms with Crippen LogP contribution in [-0.2, 0) is 4.79 Å². The number of halogens is 1. The fourth-order valence-corrected chi connectivity index (χ4v) is 3.60. The van der Waals surface area contributed by atoms with Crippen LogP contribution in [0.15, 0.2) is 65.7 Å². The van der Waals surface area contributed by atoms with Crippen molar-refractivity contribution in [3.8, 4) is 16.9 Å². The van der Waals surface area contributed by atoms with Crippen LogP contribution in [0.25, 0.3) is 11.1 Å². The lowest BCUT2D eigenvalue weighted by molar-refractivity contribution is -0.116. The molecule has 1 heterocycles. The van der Waals surface area contributed by atoms with Crippen LogP contribution in [0, 0.1) is 5.82 Å². The second-order valence-corrected chi connectivity index (χ2v) is 7.14. The van der Waals surface area contributed by atoms with Crippen LogP contribution < -0.4 is 15.4 Å². The van der Waals surface area contributed by atoms with E-state index in [2.05, 4.69) is 4.99 Å².